The molecule has 0 fully saturated rings. The predicted molar refractivity (Wildman–Crippen MR) is 131 cm³/mol. The summed E-state index contributed by atoms with van der Waals surface area (Å²) in [5.41, 5.74) is 2.57. The Morgan fingerprint density at radius 2 is 1.44 bits per heavy atom. The maximum absolute atomic E-state index is 12.8. The minimum Gasteiger partial charge on any atom is -0.332 e. The molecule has 0 spiro atoms. The van der Waals surface area contributed by atoms with E-state index in [4.69, 9.17) is 12.2 Å². The Labute approximate surface area is 194 Å². The van der Waals surface area contributed by atoms with Crippen molar-refractivity contribution in [2.75, 3.05) is 12.4 Å². The van der Waals surface area contributed by atoms with Crippen LogP contribution in [0.15, 0.2) is 89.8 Å². The van der Waals surface area contributed by atoms with Gasteiger partial charge in [-0.2, -0.15) is 4.31 Å². The maximum Gasteiger partial charge on any atom is 0.243 e. The van der Waals surface area contributed by atoms with Crippen molar-refractivity contribution in [3.63, 3.8) is 0 Å². The number of nitrogens with zero attached hydrogens (tertiary/aromatic N) is 1. The third-order valence-corrected chi connectivity index (χ3v) is 6.83. The van der Waals surface area contributed by atoms with Crippen LogP contribution in [-0.2, 0) is 27.8 Å². The normalized spacial score (nSPS) is 11.2. The van der Waals surface area contributed by atoms with E-state index in [2.05, 4.69) is 10.6 Å². The molecule has 0 unspecified atom stereocenters. The summed E-state index contributed by atoms with van der Waals surface area (Å²) in [4.78, 5) is 12.3. The fraction of sp³-hybridized carbons (Fsp3) is 0.167. The molecule has 0 heterocycles. The number of carbonyl (C=O) groups is 1. The van der Waals surface area contributed by atoms with Crippen LogP contribution in [0.1, 0.15) is 17.5 Å². The molecule has 0 aliphatic heterocycles. The lowest BCUT2D eigenvalue weighted by atomic mass is 10.1. The van der Waals surface area contributed by atoms with Gasteiger partial charge in [-0.3, -0.25) is 4.79 Å². The SMILES string of the molecule is CN(Cc1ccccc1)S(=O)(=O)c1ccc(NC(=S)NC(=O)CCc2ccccc2)cc1. The summed E-state index contributed by atoms with van der Waals surface area (Å²) in [5.74, 6) is -0.187. The number of benzene rings is 3. The van der Waals surface area contributed by atoms with E-state index >= 15 is 0 Å². The number of thiocarbonyl (C=S) groups is 1. The highest BCUT2D eigenvalue weighted by atomic mass is 32.2. The molecule has 8 heteroatoms. The number of anilines is 1. The van der Waals surface area contributed by atoms with E-state index in [0.717, 1.165) is 11.1 Å². The van der Waals surface area contributed by atoms with Crippen molar-refractivity contribution < 1.29 is 13.2 Å². The number of carbonyl (C=O) groups excluding carboxylic acids is 1. The van der Waals surface area contributed by atoms with Gasteiger partial charge < -0.3 is 10.6 Å². The molecule has 32 heavy (non-hydrogen) atoms. The molecule has 3 aromatic rings. The molecule has 0 aliphatic carbocycles. The Bertz CT molecular complexity index is 1150. The molecule has 0 aromatic heterocycles. The lowest BCUT2D eigenvalue weighted by Crippen LogP contribution is -2.34. The first kappa shape index (κ1) is 23.6. The minimum absolute atomic E-state index is 0.167. The van der Waals surface area contributed by atoms with E-state index in [1.165, 1.54) is 16.4 Å². The number of amides is 1. The molecule has 0 atom stereocenters. The number of rotatable bonds is 8. The van der Waals surface area contributed by atoms with Crippen LogP contribution >= 0.6 is 12.2 Å². The van der Waals surface area contributed by atoms with E-state index in [9.17, 15) is 13.2 Å². The van der Waals surface area contributed by atoms with Gasteiger partial charge in [0, 0.05) is 25.7 Å². The van der Waals surface area contributed by atoms with Gasteiger partial charge in [0.25, 0.3) is 0 Å². The zero-order chi connectivity index (χ0) is 23.0. The van der Waals surface area contributed by atoms with Crippen molar-refractivity contribution in [2.45, 2.75) is 24.3 Å². The molecule has 2 N–H and O–H groups in total. The molecular weight excluding hydrogens is 442 g/mol. The Kier molecular flexibility index (Phi) is 8.10. The van der Waals surface area contributed by atoms with Gasteiger partial charge >= 0.3 is 0 Å². The summed E-state index contributed by atoms with van der Waals surface area (Å²) in [6.07, 6.45) is 0.940. The van der Waals surface area contributed by atoms with Gasteiger partial charge in [0.05, 0.1) is 4.90 Å². The molecule has 166 valence electrons. The lowest BCUT2D eigenvalue weighted by Gasteiger charge is -2.17. The van der Waals surface area contributed by atoms with Gasteiger partial charge in [0.1, 0.15) is 0 Å². The van der Waals surface area contributed by atoms with Gasteiger partial charge in [0.15, 0.2) is 5.11 Å². The summed E-state index contributed by atoms with van der Waals surface area (Å²) in [7, 11) is -2.08. The van der Waals surface area contributed by atoms with Crippen LogP contribution in [0.4, 0.5) is 5.69 Å². The Balaban J connectivity index is 1.53. The van der Waals surface area contributed by atoms with Gasteiger partial charge in [0.2, 0.25) is 15.9 Å². The first-order valence-corrected chi connectivity index (χ1v) is 11.9. The zero-order valence-corrected chi connectivity index (χ0v) is 19.3. The molecule has 6 nitrogen and oxygen atoms in total. The highest BCUT2D eigenvalue weighted by Crippen LogP contribution is 2.19. The van der Waals surface area contributed by atoms with Gasteiger partial charge in [-0.25, -0.2) is 8.42 Å². The molecule has 0 aliphatic rings. The van der Waals surface area contributed by atoms with E-state index < -0.39 is 10.0 Å². The first-order valence-electron chi connectivity index (χ1n) is 10.1. The van der Waals surface area contributed by atoms with Crippen molar-refractivity contribution in [3.05, 3.63) is 96.1 Å². The van der Waals surface area contributed by atoms with Gasteiger partial charge in [-0.05, 0) is 54.0 Å². The van der Waals surface area contributed by atoms with Gasteiger partial charge in [-0.1, -0.05) is 60.7 Å². The van der Waals surface area contributed by atoms with Crippen LogP contribution in [0.5, 0.6) is 0 Å². The number of hydrogen-bond acceptors (Lipinski definition) is 4. The Morgan fingerprint density at radius 1 is 0.875 bits per heavy atom. The van der Waals surface area contributed by atoms with E-state index in [1.54, 1.807) is 19.2 Å². The number of hydrogen-bond donors (Lipinski definition) is 2. The summed E-state index contributed by atoms with van der Waals surface area (Å²) in [6, 6.07) is 25.4. The molecular formula is C24H25N3O3S2. The second kappa shape index (κ2) is 11.0. The number of nitrogens with one attached hydrogen (secondary N) is 2. The van der Waals surface area contributed by atoms with Crippen LogP contribution in [0.2, 0.25) is 0 Å². The standard InChI is InChI=1S/C24H25N3O3S2/c1-27(18-20-10-6-3-7-11-20)32(29,30)22-15-13-21(14-16-22)25-24(31)26-23(28)17-12-19-8-4-2-5-9-19/h2-11,13-16H,12,17-18H2,1H3,(H2,25,26,28,31). The van der Waals surface area contributed by atoms with Crippen LogP contribution in [0.3, 0.4) is 0 Å². The second-order valence-corrected chi connectivity index (χ2v) is 9.71. The maximum atomic E-state index is 12.8. The molecule has 0 radical (unpaired) electrons. The largest absolute Gasteiger partial charge is 0.332 e. The van der Waals surface area contributed by atoms with Crippen LogP contribution in [-0.4, -0.2) is 30.8 Å². The summed E-state index contributed by atoms with van der Waals surface area (Å²) in [5, 5.41) is 5.72. The second-order valence-electron chi connectivity index (χ2n) is 7.26. The monoisotopic (exact) mass is 467 g/mol. The molecule has 3 rings (SSSR count). The van der Waals surface area contributed by atoms with E-state index in [0.29, 0.717) is 18.5 Å². The topological polar surface area (TPSA) is 78.5 Å². The van der Waals surface area contributed by atoms with Crippen LogP contribution in [0.25, 0.3) is 0 Å². The van der Waals surface area contributed by atoms with Crippen LogP contribution < -0.4 is 10.6 Å². The number of sulfonamides is 1. The fourth-order valence-electron chi connectivity index (χ4n) is 3.07. The predicted octanol–water partition coefficient (Wildman–Crippen LogP) is 3.95. The van der Waals surface area contributed by atoms with Crippen molar-refractivity contribution in [3.8, 4) is 0 Å². The third kappa shape index (κ3) is 6.71. The van der Waals surface area contributed by atoms with E-state index in [1.807, 2.05) is 60.7 Å². The summed E-state index contributed by atoms with van der Waals surface area (Å²) < 4.78 is 27.0. The first-order chi connectivity index (χ1) is 15.3. The zero-order valence-electron chi connectivity index (χ0n) is 17.7. The smallest absolute Gasteiger partial charge is 0.243 e. The van der Waals surface area contributed by atoms with Crippen molar-refractivity contribution in [1.29, 1.82) is 0 Å². The molecule has 0 saturated heterocycles. The fourth-order valence-corrected chi connectivity index (χ4v) is 4.46. The average Bonchev–Trinajstić information content (AvgIpc) is 2.79. The van der Waals surface area contributed by atoms with E-state index in [-0.39, 0.29) is 22.5 Å². The molecule has 1 amide bonds. The molecule has 0 saturated carbocycles. The highest BCUT2D eigenvalue weighted by molar-refractivity contribution is 7.89. The van der Waals surface area contributed by atoms with Crippen molar-refractivity contribution in [2.24, 2.45) is 0 Å². The lowest BCUT2D eigenvalue weighted by molar-refractivity contribution is -0.119. The quantitative estimate of drug-likeness (QED) is 0.491. The number of aryl methyl sites for hydroxylation is 1. The van der Waals surface area contributed by atoms with Crippen molar-refractivity contribution in [1.82, 2.24) is 9.62 Å². The minimum atomic E-state index is -3.63. The molecule has 3 aromatic carbocycles. The average molecular weight is 468 g/mol. The van der Waals surface area contributed by atoms with Crippen molar-refractivity contribution >= 4 is 38.9 Å². The van der Waals surface area contributed by atoms with Gasteiger partial charge in [-0.15, -0.1) is 0 Å². The summed E-state index contributed by atoms with van der Waals surface area (Å²) >= 11 is 5.19. The molecule has 0 bridgehead atoms. The Hall–Kier alpha value is -3.07. The highest BCUT2D eigenvalue weighted by Gasteiger charge is 2.20. The third-order valence-electron chi connectivity index (χ3n) is 4.80. The van der Waals surface area contributed by atoms with Crippen LogP contribution in [0, 0.1) is 0 Å². The summed E-state index contributed by atoms with van der Waals surface area (Å²) in [6.45, 7) is 0.280. The Morgan fingerprint density at radius 3 is 2.03 bits per heavy atom.